The van der Waals surface area contributed by atoms with E-state index in [0.717, 1.165) is 22.4 Å². The maximum absolute atomic E-state index is 13.2. The molecule has 8 heteroatoms. The van der Waals surface area contributed by atoms with E-state index in [4.69, 9.17) is 9.15 Å². The molecule has 0 radical (unpaired) electrons. The summed E-state index contributed by atoms with van der Waals surface area (Å²) in [4.78, 5) is 24.3. The van der Waals surface area contributed by atoms with Crippen molar-refractivity contribution in [2.75, 3.05) is 36.5 Å². The van der Waals surface area contributed by atoms with Gasteiger partial charge in [-0.3, -0.25) is 10.1 Å². The summed E-state index contributed by atoms with van der Waals surface area (Å²) in [5.41, 5.74) is 4.04. The van der Waals surface area contributed by atoms with Gasteiger partial charge in [-0.1, -0.05) is 48.0 Å². The van der Waals surface area contributed by atoms with Crippen LogP contribution in [0.1, 0.15) is 16.1 Å². The highest BCUT2D eigenvalue weighted by Crippen LogP contribution is 2.31. The Balaban J connectivity index is 1.44. The lowest BCUT2D eigenvalue weighted by molar-refractivity contribution is 0.101. The second-order valence-electron chi connectivity index (χ2n) is 7.50. The van der Waals surface area contributed by atoms with Gasteiger partial charge in [0.25, 0.3) is 5.91 Å². The lowest BCUT2D eigenvalue weighted by Gasteiger charge is -2.26. The van der Waals surface area contributed by atoms with Gasteiger partial charge in [0.15, 0.2) is 10.8 Å². The van der Waals surface area contributed by atoms with Crippen molar-refractivity contribution in [2.24, 2.45) is 0 Å². The number of aromatic nitrogens is 2. The molecule has 0 spiro atoms. The van der Waals surface area contributed by atoms with E-state index in [0.29, 0.717) is 43.2 Å². The molecular weight excluding hydrogens is 424 g/mol. The fraction of sp³-hybridized carbons (Fsp3) is 0.208. The fourth-order valence-electron chi connectivity index (χ4n) is 3.49. The molecule has 0 bridgehead atoms. The first-order valence-corrected chi connectivity index (χ1v) is 11.3. The van der Waals surface area contributed by atoms with Crippen molar-refractivity contribution in [3.8, 4) is 22.7 Å². The summed E-state index contributed by atoms with van der Waals surface area (Å²) in [5.74, 6) is 0.532. The molecular formula is C24H22N4O3S. The minimum Gasteiger partial charge on any atom is -0.420 e. The molecule has 2 aromatic carbocycles. The molecule has 162 valence electrons. The summed E-state index contributed by atoms with van der Waals surface area (Å²) in [6, 6.07) is 17.7. The number of ether oxygens (including phenoxy) is 1. The van der Waals surface area contributed by atoms with Gasteiger partial charge in [-0.15, -0.1) is 11.3 Å². The van der Waals surface area contributed by atoms with Gasteiger partial charge in [0.1, 0.15) is 0 Å². The molecule has 5 rings (SSSR count). The maximum Gasteiger partial charge on any atom is 0.281 e. The predicted octanol–water partition coefficient (Wildman–Crippen LogP) is 4.86. The van der Waals surface area contributed by atoms with Crippen LogP contribution in [-0.4, -0.2) is 42.2 Å². The average Bonchev–Trinajstić information content (AvgIpc) is 3.49. The fourth-order valence-corrected chi connectivity index (χ4v) is 4.20. The molecule has 1 aliphatic heterocycles. The number of rotatable bonds is 5. The number of hydrogen-bond donors (Lipinski definition) is 1. The molecule has 1 N–H and O–H groups in total. The van der Waals surface area contributed by atoms with E-state index in [1.165, 1.54) is 11.3 Å². The number of hydrogen-bond acceptors (Lipinski definition) is 7. The quantitative estimate of drug-likeness (QED) is 0.471. The first-order chi connectivity index (χ1) is 15.7. The molecule has 4 aromatic rings. The van der Waals surface area contributed by atoms with Crippen molar-refractivity contribution in [3.63, 3.8) is 0 Å². The van der Waals surface area contributed by atoms with E-state index in [1.807, 2.05) is 71.8 Å². The standard InChI is InChI=1S/C24H22N4O3S/c1-16-7-9-18(10-8-16)22-26-20(23(31-22)28-11-13-30-14-12-28)21(29)27-24-25-19(15-32-24)17-5-3-2-4-6-17/h2-10,15H,11-14H2,1H3,(H,25,27,29). The highest BCUT2D eigenvalue weighted by molar-refractivity contribution is 7.14. The van der Waals surface area contributed by atoms with Crippen LogP contribution >= 0.6 is 11.3 Å². The minimum atomic E-state index is -0.345. The van der Waals surface area contributed by atoms with Gasteiger partial charge in [0.05, 0.1) is 18.9 Å². The Kier molecular flexibility index (Phi) is 5.70. The van der Waals surface area contributed by atoms with E-state index < -0.39 is 0 Å². The SMILES string of the molecule is Cc1ccc(-c2nc(C(=O)Nc3nc(-c4ccccc4)cs3)c(N3CCOCC3)o2)cc1. The Morgan fingerprint density at radius 2 is 1.75 bits per heavy atom. The maximum atomic E-state index is 13.2. The zero-order valence-corrected chi connectivity index (χ0v) is 18.4. The number of nitrogens with one attached hydrogen (secondary N) is 1. The predicted molar refractivity (Wildman–Crippen MR) is 125 cm³/mol. The lowest BCUT2D eigenvalue weighted by Crippen LogP contribution is -2.37. The molecule has 1 aliphatic rings. The van der Waals surface area contributed by atoms with Crippen molar-refractivity contribution >= 4 is 28.3 Å². The van der Waals surface area contributed by atoms with Gasteiger partial charge in [0, 0.05) is 29.6 Å². The largest absolute Gasteiger partial charge is 0.420 e. The van der Waals surface area contributed by atoms with E-state index in [2.05, 4.69) is 15.3 Å². The van der Waals surface area contributed by atoms with Gasteiger partial charge < -0.3 is 14.1 Å². The number of aryl methyl sites for hydroxylation is 1. The first-order valence-electron chi connectivity index (χ1n) is 10.4. The van der Waals surface area contributed by atoms with Crippen molar-refractivity contribution < 1.29 is 13.9 Å². The number of morpholine rings is 1. The summed E-state index contributed by atoms with van der Waals surface area (Å²) in [6.07, 6.45) is 0. The van der Waals surface area contributed by atoms with Crippen LogP contribution in [0.5, 0.6) is 0 Å². The zero-order valence-electron chi connectivity index (χ0n) is 17.6. The van der Waals surface area contributed by atoms with Crippen molar-refractivity contribution in [3.05, 3.63) is 71.2 Å². The summed E-state index contributed by atoms with van der Waals surface area (Å²) in [6.45, 7) is 4.45. The van der Waals surface area contributed by atoms with Crippen LogP contribution in [0.25, 0.3) is 22.7 Å². The van der Waals surface area contributed by atoms with Gasteiger partial charge in [-0.05, 0) is 19.1 Å². The Labute approximate surface area is 189 Å². The van der Waals surface area contributed by atoms with Gasteiger partial charge in [0.2, 0.25) is 11.8 Å². The average molecular weight is 447 g/mol. The second kappa shape index (κ2) is 8.94. The normalized spacial score (nSPS) is 13.8. The van der Waals surface area contributed by atoms with E-state index in [1.54, 1.807) is 0 Å². The molecule has 2 aromatic heterocycles. The number of nitrogens with zero attached hydrogens (tertiary/aromatic N) is 3. The third-order valence-electron chi connectivity index (χ3n) is 5.22. The van der Waals surface area contributed by atoms with E-state index >= 15 is 0 Å². The van der Waals surface area contributed by atoms with Crippen LogP contribution in [0.3, 0.4) is 0 Å². The molecule has 0 unspecified atom stereocenters. The highest BCUT2D eigenvalue weighted by Gasteiger charge is 2.27. The zero-order chi connectivity index (χ0) is 21.9. The van der Waals surface area contributed by atoms with Crippen LogP contribution < -0.4 is 10.2 Å². The molecule has 0 atom stereocenters. The molecule has 1 fully saturated rings. The van der Waals surface area contributed by atoms with Crippen LogP contribution in [0.15, 0.2) is 64.4 Å². The number of anilines is 2. The molecule has 3 heterocycles. The molecule has 7 nitrogen and oxygen atoms in total. The smallest absolute Gasteiger partial charge is 0.281 e. The van der Waals surface area contributed by atoms with E-state index in [9.17, 15) is 4.79 Å². The summed E-state index contributed by atoms with van der Waals surface area (Å²) in [5, 5.41) is 5.33. The Morgan fingerprint density at radius 3 is 2.50 bits per heavy atom. The van der Waals surface area contributed by atoms with Crippen molar-refractivity contribution in [2.45, 2.75) is 6.92 Å². The van der Waals surface area contributed by atoms with E-state index in [-0.39, 0.29) is 11.6 Å². The minimum absolute atomic E-state index is 0.249. The summed E-state index contributed by atoms with van der Waals surface area (Å²) in [7, 11) is 0. The monoisotopic (exact) mass is 446 g/mol. The number of oxazole rings is 1. The van der Waals surface area contributed by atoms with Gasteiger partial charge in [-0.2, -0.15) is 0 Å². The van der Waals surface area contributed by atoms with Gasteiger partial charge in [-0.25, -0.2) is 9.97 Å². The van der Waals surface area contributed by atoms with Crippen LogP contribution in [-0.2, 0) is 4.74 Å². The molecule has 32 heavy (non-hydrogen) atoms. The Morgan fingerprint density at radius 1 is 1.00 bits per heavy atom. The first kappa shape index (κ1) is 20.4. The second-order valence-corrected chi connectivity index (χ2v) is 8.35. The summed E-state index contributed by atoms with van der Waals surface area (Å²) >= 11 is 1.38. The molecule has 0 aliphatic carbocycles. The molecule has 1 saturated heterocycles. The van der Waals surface area contributed by atoms with Crippen LogP contribution in [0, 0.1) is 6.92 Å². The van der Waals surface area contributed by atoms with Crippen LogP contribution in [0.4, 0.5) is 11.0 Å². The number of amides is 1. The summed E-state index contributed by atoms with van der Waals surface area (Å²) < 4.78 is 11.5. The van der Waals surface area contributed by atoms with Crippen molar-refractivity contribution in [1.29, 1.82) is 0 Å². The Hall–Kier alpha value is -3.49. The molecule has 0 saturated carbocycles. The number of carbonyl (C=O) groups is 1. The van der Waals surface area contributed by atoms with Gasteiger partial charge >= 0.3 is 0 Å². The Bertz CT molecular complexity index is 1210. The number of carbonyl (C=O) groups excluding carboxylic acids is 1. The number of thiazole rings is 1. The van der Waals surface area contributed by atoms with Crippen LogP contribution in [0.2, 0.25) is 0 Å². The highest BCUT2D eigenvalue weighted by atomic mass is 32.1. The lowest BCUT2D eigenvalue weighted by atomic mass is 10.1. The number of benzene rings is 2. The third-order valence-corrected chi connectivity index (χ3v) is 5.97. The topological polar surface area (TPSA) is 80.5 Å². The van der Waals surface area contributed by atoms with Crippen molar-refractivity contribution in [1.82, 2.24) is 9.97 Å². The molecule has 1 amide bonds. The third kappa shape index (κ3) is 4.28.